The van der Waals surface area contributed by atoms with Crippen molar-refractivity contribution < 1.29 is 4.79 Å². The second-order valence-electron chi connectivity index (χ2n) is 5.12. The van der Waals surface area contributed by atoms with Gasteiger partial charge < -0.3 is 0 Å². The van der Waals surface area contributed by atoms with Gasteiger partial charge in [-0.1, -0.05) is 6.92 Å². The Morgan fingerprint density at radius 2 is 1.42 bits per heavy atom. The highest BCUT2D eigenvalue weighted by Crippen LogP contribution is 2.59. The molecule has 0 unspecified atom stereocenters. The number of hydrogen-bond donors (Lipinski definition) is 0. The molecule has 2 fully saturated rings. The van der Waals surface area contributed by atoms with Gasteiger partial charge in [0.2, 0.25) is 0 Å². The number of rotatable bonds is 1. The summed E-state index contributed by atoms with van der Waals surface area (Å²) in [7, 11) is 0. The lowest BCUT2D eigenvalue weighted by molar-refractivity contribution is -0.127. The van der Waals surface area contributed by atoms with Crippen LogP contribution in [0.2, 0.25) is 0 Å². The first-order chi connectivity index (χ1) is 5.56. The zero-order valence-corrected chi connectivity index (χ0v) is 8.15. The van der Waals surface area contributed by atoms with Gasteiger partial charge in [-0.05, 0) is 50.9 Å². The van der Waals surface area contributed by atoms with Gasteiger partial charge in [0, 0.05) is 5.41 Å². The first kappa shape index (κ1) is 8.28. The van der Waals surface area contributed by atoms with E-state index in [1.807, 2.05) is 0 Å². The predicted molar refractivity (Wildman–Crippen MR) is 48.9 cm³/mol. The third kappa shape index (κ3) is 1.19. The Balaban J connectivity index is 2.01. The standard InChI is InChI=1S/C11H18O/c1-9(12)10(2)3-5-11(6-4-10)7-8-11/h3-8H2,1-2H3. The Kier molecular flexibility index (Phi) is 1.61. The molecule has 2 saturated carbocycles. The highest BCUT2D eigenvalue weighted by atomic mass is 16.1. The number of Topliss-reactive ketones (excluding diaryl/α,β-unsaturated/α-hetero) is 1. The van der Waals surface area contributed by atoms with Gasteiger partial charge in [0.25, 0.3) is 0 Å². The normalized spacial score (nSPS) is 30.2. The van der Waals surface area contributed by atoms with Crippen molar-refractivity contribution in [3.8, 4) is 0 Å². The molecule has 0 atom stereocenters. The Hall–Kier alpha value is -0.330. The van der Waals surface area contributed by atoms with Crippen molar-refractivity contribution in [2.75, 3.05) is 0 Å². The number of hydrogen-bond acceptors (Lipinski definition) is 1. The zero-order valence-electron chi connectivity index (χ0n) is 8.15. The van der Waals surface area contributed by atoms with E-state index in [0.717, 1.165) is 18.3 Å². The van der Waals surface area contributed by atoms with Crippen LogP contribution < -0.4 is 0 Å². The second-order valence-corrected chi connectivity index (χ2v) is 5.12. The fourth-order valence-electron chi connectivity index (χ4n) is 2.36. The van der Waals surface area contributed by atoms with Crippen LogP contribution in [0, 0.1) is 10.8 Å². The Morgan fingerprint density at radius 1 is 1.00 bits per heavy atom. The SMILES string of the molecule is CC(=O)C1(C)CCC2(CC2)CC1. The van der Waals surface area contributed by atoms with E-state index in [1.165, 1.54) is 25.7 Å². The van der Waals surface area contributed by atoms with Gasteiger partial charge in [0.05, 0.1) is 0 Å². The molecule has 2 aliphatic carbocycles. The highest BCUT2D eigenvalue weighted by Gasteiger charge is 2.48. The summed E-state index contributed by atoms with van der Waals surface area (Å²) in [6.07, 6.45) is 7.76. The van der Waals surface area contributed by atoms with Crippen molar-refractivity contribution in [2.24, 2.45) is 10.8 Å². The Labute approximate surface area is 74.5 Å². The lowest BCUT2D eigenvalue weighted by atomic mass is 9.68. The van der Waals surface area contributed by atoms with Gasteiger partial charge in [-0.25, -0.2) is 0 Å². The summed E-state index contributed by atoms with van der Waals surface area (Å²) in [5, 5.41) is 0. The maximum Gasteiger partial charge on any atom is 0.135 e. The van der Waals surface area contributed by atoms with Gasteiger partial charge >= 0.3 is 0 Å². The molecule has 0 radical (unpaired) electrons. The zero-order chi connectivity index (χ0) is 8.82. The monoisotopic (exact) mass is 166 g/mol. The molecular formula is C11H18O. The smallest absolute Gasteiger partial charge is 0.135 e. The largest absolute Gasteiger partial charge is 0.299 e. The molecule has 0 aromatic heterocycles. The quantitative estimate of drug-likeness (QED) is 0.585. The summed E-state index contributed by atoms with van der Waals surface area (Å²) in [5.74, 6) is 0.401. The first-order valence-corrected chi connectivity index (χ1v) is 5.08. The second kappa shape index (κ2) is 2.34. The molecule has 0 aliphatic heterocycles. The molecule has 0 heterocycles. The van der Waals surface area contributed by atoms with Crippen LogP contribution in [0.5, 0.6) is 0 Å². The van der Waals surface area contributed by atoms with Gasteiger partial charge in [-0.15, -0.1) is 0 Å². The van der Waals surface area contributed by atoms with Crippen LogP contribution in [0.4, 0.5) is 0 Å². The summed E-state index contributed by atoms with van der Waals surface area (Å²) in [6.45, 7) is 3.90. The summed E-state index contributed by atoms with van der Waals surface area (Å²) in [4.78, 5) is 11.4. The van der Waals surface area contributed by atoms with Crippen LogP contribution in [-0.2, 0) is 4.79 Å². The van der Waals surface area contributed by atoms with Gasteiger partial charge in [0.1, 0.15) is 5.78 Å². The predicted octanol–water partition coefficient (Wildman–Crippen LogP) is 2.94. The molecule has 68 valence electrons. The molecule has 1 nitrogen and oxygen atoms in total. The summed E-state index contributed by atoms with van der Waals surface area (Å²) in [5.41, 5.74) is 0.753. The van der Waals surface area contributed by atoms with E-state index in [9.17, 15) is 4.79 Å². The number of carbonyl (C=O) groups is 1. The maximum absolute atomic E-state index is 11.4. The molecule has 2 aliphatic rings. The molecule has 1 spiro atoms. The van der Waals surface area contributed by atoms with Crippen LogP contribution in [0.3, 0.4) is 0 Å². The summed E-state index contributed by atoms with van der Waals surface area (Å²) in [6, 6.07) is 0. The Morgan fingerprint density at radius 3 is 1.75 bits per heavy atom. The van der Waals surface area contributed by atoms with Crippen LogP contribution in [0.1, 0.15) is 52.4 Å². The molecule has 0 aromatic rings. The number of carbonyl (C=O) groups excluding carboxylic acids is 1. The van der Waals surface area contributed by atoms with Crippen molar-refractivity contribution in [1.29, 1.82) is 0 Å². The maximum atomic E-state index is 11.4. The van der Waals surface area contributed by atoms with Crippen LogP contribution in [0.25, 0.3) is 0 Å². The third-order valence-corrected chi connectivity index (χ3v) is 4.22. The Bertz CT molecular complexity index is 203. The third-order valence-electron chi connectivity index (χ3n) is 4.22. The fourth-order valence-corrected chi connectivity index (χ4v) is 2.36. The lowest BCUT2D eigenvalue weighted by Crippen LogP contribution is -2.31. The molecular weight excluding hydrogens is 148 g/mol. The van der Waals surface area contributed by atoms with E-state index in [4.69, 9.17) is 0 Å². The fraction of sp³-hybridized carbons (Fsp3) is 0.909. The van der Waals surface area contributed by atoms with Crippen molar-refractivity contribution >= 4 is 5.78 Å². The first-order valence-electron chi connectivity index (χ1n) is 5.08. The molecule has 0 saturated heterocycles. The lowest BCUT2D eigenvalue weighted by Gasteiger charge is -2.35. The van der Waals surface area contributed by atoms with Crippen LogP contribution in [-0.4, -0.2) is 5.78 Å². The van der Waals surface area contributed by atoms with E-state index < -0.39 is 0 Å². The van der Waals surface area contributed by atoms with Gasteiger partial charge in [-0.2, -0.15) is 0 Å². The minimum atomic E-state index is 0.0356. The molecule has 1 heteroatoms. The molecule has 12 heavy (non-hydrogen) atoms. The van der Waals surface area contributed by atoms with E-state index in [1.54, 1.807) is 6.92 Å². The minimum absolute atomic E-state index is 0.0356. The van der Waals surface area contributed by atoms with Crippen molar-refractivity contribution in [3.05, 3.63) is 0 Å². The molecule has 0 N–H and O–H groups in total. The van der Waals surface area contributed by atoms with Gasteiger partial charge in [-0.3, -0.25) is 4.79 Å². The van der Waals surface area contributed by atoms with E-state index in [2.05, 4.69) is 6.92 Å². The molecule has 0 bridgehead atoms. The van der Waals surface area contributed by atoms with Crippen molar-refractivity contribution in [3.63, 3.8) is 0 Å². The van der Waals surface area contributed by atoms with Crippen LogP contribution >= 0.6 is 0 Å². The van der Waals surface area contributed by atoms with E-state index >= 15 is 0 Å². The van der Waals surface area contributed by atoms with Gasteiger partial charge in [0.15, 0.2) is 0 Å². The summed E-state index contributed by atoms with van der Waals surface area (Å²) < 4.78 is 0. The average Bonchev–Trinajstić information content (AvgIpc) is 2.77. The highest BCUT2D eigenvalue weighted by molar-refractivity contribution is 5.82. The number of ketones is 1. The average molecular weight is 166 g/mol. The summed E-state index contributed by atoms with van der Waals surface area (Å²) >= 11 is 0. The molecule has 0 aromatic carbocycles. The molecule has 0 amide bonds. The van der Waals surface area contributed by atoms with Crippen molar-refractivity contribution in [1.82, 2.24) is 0 Å². The van der Waals surface area contributed by atoms with E-state index in [-0.39, 0.29) is 5.41 Å². The van der Waals surface area contributed by atoms with Crippen molar-refractivity contribution in [2.45, 2.75) is 52.4 Å². The van der Waals surface area contributed by atoms with E-state index in [0.29, 0.717) is 5.78 Å². The topological polar surface area (TPSA) is 17.1 Å². The molecule has 2 rings (SSSR count). The van der Waals surface area contributed by atoms with Crippen LogP contribution in [0.15, 0.2) is 0 Å². The minimum Gasteiger partial charge on any atom is -0.299 e.